The van der Waals surface area contributed by atoms with E-state index in [4.69, 9.17) is 10.5 Å². The first-order valence-electron chi connectivity index (χ1n) is 6.34. The van der Waals surface area contributed by atoms with Crippen LogP contribution in [0.5, 0.6) is 5.75 Å². The molecule has 0 radical (unpaired) electrons. The molecule has 0 bridgehead atoms. The van der Waals surface area contributed by atoms with Gasteiger partial charge in [-0.15, -0.1) is 0 Å². The van der Waals surface area contributed by atoms with Gasteiger partial charge in [-0.25, -0.2) is 0 Å². The molecule has 4 heteroatoms. The van der Waals surface area contributed by atoms with Gasteiger partial charge in [0.15, 0.2) is 0 Å². The molecule has 0 saturated heterocycles. The number of amides is 1. The van der Waals surface area contributed by atoms with Gasteiger partial charge in [-0.2, -0.15) is 0 Å². The van der Waals surface area contributed by atoms with Crippen molar-refractivity contribution in [1.29, 1.82) is 0 Å². The van der Waals surface area contributed by atoms with Crippen molar-refractivity contribution in [3.8, 4) is 5.75 Å². The lowest BCUT2D eigenvalue weighted by Crippen LogP contribution is -2.26. The van der Waals surface area contributed by atoms with E-state index in [2.05, 4.69) is 0 Å². The van der Waals surface area contributed by atoms with Crippen LogP contribution in [0.25, 0.3) is 0 Å². The fourth-order valence-corrected chi connectivity index (χ4v) is 2.01. The van der Waals surface area contributed by atoms with Crippen LogP contribution in [0.15, 0.2) is 48.5 Å². The normalized spacial score (nSPS) is 10.1. The third-order valence-corrected chi connectivity index (χ3v) is 3.10. The van der Waals surface area contributed by atoms with Crippen LogP contribution in [0.2, 0.25) is 0 Å². The number of nitrogens with two attached hydrogens (primary N) is 1. The maximum absolute atomic E-state index is 12.3. The van der Waals surface area contributed by atoms with E-state index >= 15 is 0 Å². The van der Waals surface area contributed by atoms with Gasteiger partial charge in [0.1, 0.15) is 5.75 Å². The SMILES string of the molecule is COc1ccccc1CN(C)C(=O)c1ccc(N)cc1. The van der Waals surface area contributed by atoms with Crippen molar-refractivity contribution in [3.05, 3.63) is 59.7 Å². The second kappa shape index (κ2) is 6.10. The molecule has 0 aliphatic carbocycles. The van der Waals surface area contributed by atoms with Gasteiger partial charge in [-0.1, -0.05) is 18.2 Å². The lowest BCUT2D eigenvalue weighted by molar-refractivity contribution is 0.0784. The summed E-state index contributed by atoms with van der Waals surface area (Å²) in [5.41, 5.74) is 7.87. The maximum Gasteiger partial charge on any atom is 0.253 e. The molecule has 4 nitrogen and oxygen atoms in total. The van der Waals surface area contributed by atoms with Crippen molar-refractivity contribution in [2.75, 3.05) is 19.9 Å². The smallest absolute Gasteiger partial charge is 0.253 e. The number of nitrogen functional groups attached to an aromatic ring is 1. The molecule has 2 rings (SSSR count). The summed E-state index contributed by atoms with van der Waals surface area (Å²) >= 11 is 0. The van der Waals surface area contributed by atoms with Crippen LogP contribution in [-0.2, 0) is 6.54 Å². The van der Waals surface area contributed by atoms with E-state index in [0.29, 0.717) is 17.8 Å². The van der Waals surface area contributed by atoms with Crippen LogP contribution in [0, 0.1) is 0 Å². The minimum Gasteiger partial charge on any atom is -0.496 e. The molecule has 0 heterocycles. The van der Waals surface area contributed by atoms with E-state index < -0.39 is 0 Å². The van der Waals surface area contributed by atoms with Gasteiger partial charge in [-0.3, -0.25) is 4.79 Å². The van der Waals surface area contributed by atoms with Crippen LogP contribution in [0.3, 0.4) is 0 Å². The molecule has 0 unspecified atom stereocenters. The molecule has 2 N–H and O–H groups in total. The third kappa shape index (κ3) is 3.09. The molecule has 0 aliphatic rings. The zero-order valence-corrected chi connectivity index (χ0v) is 11.7. The predicted octanol–water partition coefficient (Wildman–Crippen LogP) is 2.55. The van der Waals surface area contributed by atoms with Gasteiger partial charge in [0.25, 0.3) is 5.91 Å². The zero-order chi connectivity index (χ0) is 14.5. The van der Waals surface area contributed by atoms with Gasteiger partial charge in [-0.05, 0) is 30.3 Å². The molecule has 2 aromatic rings. The Morgan fingerprint density at radius 2 is 1.80 bits per heavy atom. The highest BCUT2D eigenvalue weighted by Gasteiger charge is 2.13. The number of hydrogen-bond acceptors (Lipinski definition) is 3. The highest BCUT2D eigenvalue weighted by Crippen LogP contribution is 2.19. The van der Waals surface area contributed by atoms with Gasteiger partial charge >= 0.3 is 0 Å². The van der Waals surface area contributed by atoms with Crippen LogP contribution in [-0.4, -0.2) is 25.0 Å². The zero-order valence-electron chi connectivity index (χ0n) is 11.7. The molecule has 0 aromatic heterocycles. The number of carbonyl (C=O) groups excluding carboxylic acids is 1. The van der Waals surface area contributed by atoms with Crippen molar-refractivity contribution in [2.24, 2.45) is 0 Å². The van der Waals surface area contributed by atoms with E-state index in [-0.39, 0.29) is 5.91 Å². The van der Waals surface area contributed by atoms with Crippen LogP contribution in [0.1, 0.15) is 15.9 Å². The Bertz CT molecular complexity index is 594. The Hall–Kier alpha value is -2.49. The predicted molar refractivity (Wildman–Crippen MR) is 79.6 cm³/mol. The van der Waals surface area contributed by atoms with E-state index in [0.717, 1.165) is 11.3 Å². The summed E-state index contributed by atoms with van der Waals surface area (Å²) in [5, 5.41) is 0. The average molecular weight is 270 g/mol. The van der Waals surface area contributed by atoms with Gasteiger partial charge in [0, 0.05) is 30.4 Å². The topological polar surface area (TPSA) is 55.6 Å². The largest absolute Gasteiger partial charge is 0.496 e. The monoisotopic (exact) mass is 270 g/mol. The summed E-state index contributed by atoms with van der Waals surface area (Å²) in [5.74, 6) is 0.736. The molecule has 104 valence electrons. The fourth-order valence-electron chi connectivity index (χ4n) is 2.01. The average Bonchev–Trinajstić information content (AvgIpc) is 2.48. The number of anilines is 1. The van der Waals surface area contributed by atoms with Gasteiger partial charge < -0.3 is 15.4 Å². The summed E-state index contributed by atoms with van der Waals surface area (Å²) < 4.78 is 5.29. The standard InChI is InChI=1S/C16H18N2O2/c1-18(11-13-5-3-4-6-15(13)20-2)16(19)12-7-9-14(17)10-8-12/h3-10H,11,17H2,1-2H3. The maximum atomic E-state index is 12.3. The Kier molecular flexibility index (Phi) is 4.25. The number of para-hydroxylation sites is 1. The second-order valence-corrected chi connectivity index (χ2v) is 4.60. The Labute approximate surface area is 118 Å². The van der Waals surface area contributed by atoms with Crippen molar-refractivity contribution < 1.29 is 9.53 Å². The summed E-state index contributed by atoms with van der Waals surface area (Å²) in [4.78, 5) is 14.0. The Balaban J connectivity index is 2.13. The number of nitrogens with zero attached hydrogens (tertiary/aromatic N) is 1. The highest BCUT2D eigenvalue weighted by atomic mass is 16.5. The molecular weight excluding hydrogens is 252 g/mol. The lowest BCUT2D eigenvalue weighted by atomic mass is 10.1. The number of methoxy groups -OCH3 is 1. The summed E-state index contributed by atoms with van der Waals surface area (Å²) in [6.07, 6.45) is 0. The van der Waals surface area contributed by atoms with Crippen molar-refractivity contribution in [2.45, 2.75) is 6.54 Å². The second-order valence-electron chi connectivity index (χ2n) is 4.60. The first-order valence-corrected chi connectivity index (χ1v) is 6.34. The molecule has 0 fully saturated rings. The first-order chi connectivity index (χ1) is 9.61. The minimum atomic E-state index is -0.0455. The van der Waals surface area contributed by atoms with E-state index in [9.17, 15) is 4.79 Å². The number of carbonyl (C=O) groups is 1. The summed E-state index contributed by atoms with van der Waals surface area (Å²) in [6, 6.07) is 14.6. The number of benzene rings is 2. The van der Waals surface area contributed by atoms with E-state index in [1.54, 1.807) is 43.3 Å². The molecule has 0 aliphatic heterocycles. The van der Waals surface area contributed by atoms with Crippen LogP contribution < -0.4 is 10.5 Å². The van der Waals surface area contributed by atoms with E-state index in [1.165, 1.54) is 0 Å². The van der Waals surface area contributed by atoms with Crippen LogP contribution >= 0.6 is 0 Å². The Morgan fingerprint density at radius 1 is 1.15 bits per heavy atom. The number of ether oxygens (including phenoxy) is 1. The molecule has 1 amide bonds. The molecule has 0 atom stereocenters. The van der Waals surface area contributed by atoms with Crippen LogP contribution in [0.4, 0.5) is 5.69 Å². The molecular formula is C16H18N2O2. The Morgan fingerprint density at radius 3 is 2.45 bits per heavy atom. The molecule has 0 saturated carbocycles. The quantitative estimate of drug-likeness (QED) is 0.869. The van der Waals surface area contributed by atoms with Crippen molar-refractivity contribution >= 4 is 11.6 Å². The summed E-state index contributed by atoms with van der Waals surface area (Å²) in [6.45, 7) is 0.493. The number of rotatable bonds is 4. The fraction of sp³-hybridized carbons (Fsp3) is 0.188. The summed E-state index contributed by atoms with van der Waals surface area (Å²) in [7, 11) is 3.39. The first kappa shape index (κ1) is 13.9. The van der Waals surface area contributed by atoms with E-state index in [1.807, 2.05) is 24.3 Å². The van der Waals surface area contributed by atoms with Crippen molar-refractivity contribution in [1.82, 2.24) is 4.90 Å². The minimum absolute atomic E-state index is 0.0455. The van der Waals surface area contributed by atoms with Gasteiger partial charge in [0.05, 0.1) is 7.11 Å². The van der Waals surface area contributed by atoms with Crippen molar-refractivity contribution in [3.63, 3.8) is 0 Å². The molecule has 2 aromatic carbocycles. The lowest BCUT2D eigenvalue weighted by Gasteiger charge is -2.19. The van der Waals surface area contributed by atoms with Gasteiger partial charge in [0.2, 0.25) is 0 Å². The molecule has 20 heavy (non-hydrogen) atoms. The third-order valence-electron chi connectivity index (χ3n) is 3.10. The molecule has 0 spiro atoms. The highest BCUT2D eigenvalue weighted by molar-refractivity contribution is 5.94. The number of hydrogen-bond donors (Lipinski definition) is 1.